The maximum atomic E-state index is 4.30. The molecule has 0 fully saturated rings. The lowest BCUT2D eigenvalue weighted by molar-refractivity contribution is 1.17. The Morgan fingerprint density at radius 2 is 1.92 bits per heavy atom. The van der Waals surface area contributed by atoms with Gasteiger partial charge in [-0.25, -0.2) is 4.98 Å². The summed E-state index contributed by atoms with van der Waals surface area (Å²) in [7, 11) is 0. The summed E-state index contributed by atoms with van der Waals surface area (Å²) in [5.74, 6) is 0.836. The van der Waals surface area contributed by atoms with Gasteiger partial charge in [0, 0.05) is 10.0 Å². The number of benzene rings is 1. The molecule has 0 atom stereocenters. The van der Waals surface area contributed by atoms with Gasteiger partial charge in [-0.05, 0) is 30.6 Å². The SMILES string of the molecule is Cc1nsc(-c2ccc(Br)cc2)n1. The molecule has 0 spiro atoms. The number of aromatic nitrogens is 2. The third-order valence-electron chi connectivity index (χ3n) is 1.62. The number of nitrogens with zero attached hydrogens (tertiary/aromatic N) is 2. The molecular weight excluding hydrogens is 248 g/mol. The van der Waals surface area contributed by atoms with E-state index in [1.54, 1.807) is 0 Å². The van der Waals surface area contributed by atoms with Gasteiger partial charge < -0.3 is 0 Å². The number of hydrogen-bond acceptors (Lipinski definition) is 3. The lowest BCUT2D eigenvalue weighted by Crippen LogP contribution is -1.76. The van der Waals surface area contributed by atoms with Crippen LogP contribution in [0.5, 0.6) is 0 Å². The second-order valence-corrected chi connectivity index (χ2v) is 4.32. The number of hydrogen-bond donors (Lipinski definition) is 0. The molecular formula is C9H7BrN2S. The Balaban J connectivity index is 2.41. The Labute approximate surface area is 88.9 Å². The van der Waals surface area contributed by atoms with Gasteiger partial charge in [0.25, 0.3) is 0 Å². The van der Waals surface area contributed by atoms with Crippen LogP contribution in [0.4, 0.5) is 0 Å². The Hall–Kier alpha value is -0.740. The molecule has 0 saturated carbocycles. The van der Waals surface area contributed by atoms with Crippen LogP contribution in [0.3, 0.4) is 0 Å². The first kappa shape index (κ1) is 8.84. The van der Waals surface area contributed by atoms with Crippen molar-refractivity contribution in [3.05, 3.63) is 34.6 Å². The van der Waals surface area contributed by atoms with Crippen molar-refractivity contribution in [2.24, 2.45) is 0 Å². The van der Waals surface area contributed by atoms with E-state index < -0.39 is 0 Å². The van der Waals surface area contributed by atoms with E-state index in [1.165, 1.54) is 11.5 Å². The van der Waals surface area contributed by atoms with Gasteiger partial charge in [-0.2, -0.15) is 4.37 Å². The Bertz CT molecular complexity index is 408. The van der Waals surface area contributed by atoms with Crippen LogP contribution < -0.4 is 0 Å². The van der Waals surface area contributed by atoms with Gasteiger partial charge in [0.05, 0.1) is 0 Å². The summed E-state index contributed by atoms with van der Waals surface area (Å²) in [5.41, 5.74) is 1.12. The minimum Gasteiger partial charge on any atom is -0.220 e. The van der Waals surface area contributed by atoms with Gasteiger partial charge in [0.2, 0.25) is 0 Å². The van der Waals surface area contributed by atoms with Crippen molar-refractivity contribution in [2.75, 3.05) is 0 Å². The average molecular weight is 255 g/mol. The normalized spacial score (nSPS) is 10.3. The molecule has 1 aromatic carbocycles. The first-order valence-corrected chi connectivity index (χ1v) is 5.38. The van der Waals surface area contributed by atoms with Crippen molar-refractivity contribution in [3.63, 3.8) is 0 Å². The van der Waals surface area contributed by atoms with E-state index in [-0.39, 0.29) is 0 Å². The summed E-state index contributed by atoms with van der Waals surface area (Å²) >= 11 is 4.82. The summed E-state index contributed by atoms with van der Waals surface area (Å²) in [4.78, 5) is 4.30. The maximum absolute atomic E-state index is 4.30. The van der Waals surface area contributed by atoms with Crippen LogP contribution in [0.25, 0.3) is 10.6 Å². The zero-order valence-electron chi connectivity index (χ0n) is 6.99. The fraction of sp³-hybridized carbons (Fsp3) is 0.111. The summed E-state index contributed by atoms with van der Waals surface area (Å²) in [6.07, 6.45) is 0. The van der Waals surface area contributed by atoms with Crippen LogP contribution in [0.15, 0.2) is 28.7 Å². The second-order valence-electron chi connectivity index (χ2n) is 2.65. The highest BCUT2D eigenvalue weighted by Gasteiger charge is 2.02. The van der Waals surface area contributed by atoms with Crippen LogP contribution in [0.1, 0.15) is 5.82 Å². The minimum absolute atomic E-state index is 0.836. The Morgan fingerprint density at radius 1 is 1.23 bits per heavy atom. The van der Waals surface area contributed by atoms with E-state index in [9.17, 15) is 0 Å². The molecule has 0 amide bonds. The van der Waals surface area contributed by atoms with E-state index in [4.69, 9.17) is 0 Å². The van der Waals surface area contributed by atoms with Crippen molar-refractivity contribution in [2.45, 2.75) is 6.92 Å². The maximum Gasteiger partial charge on any atom is 0.144 e. The summed E-state index contributed by atoms with van der Waals surface area (Å²) < 4.78 is 5.22. The quantitative estimate of drug-likeness (QED) is 0.781. The molecule has 0 aliphatic carbocycles. The zero-order chi connectivity index (χ0) is 9.26. The predicted molar refractivity (Wildman–Crippen MR) is 57.8 cm³/mol. The molecule has 0 radical (unpaired) electrons. The molecule has 0 N–H and O–H groups in total. The molecule has 4 heteroatoms. The standard InChI is InChI=1S/C9H7BrN2S/c1-6-11-9(13-12-6)7-2-4-8(10)5-3-7/h2-5H,1H3. The fourth-order valence-electron chi connectivity index (χ4n) is 1.01. The van der Waals surface area contributed by atoms with E-state index in [1.807, 2.05) is 31.2 Å². The molecule has 1 heterocycles. The average Bonchev–Trinajstić information content (AvgIpc) is 2.53. The fourth-order valence-corrected chi connectivity index (χ4v) is 1.94. The third-order valence-corrected chi connectivity index (χ3v) is 3.00. The monoisotopic (exact) mass is 254 g/mol. The van der Waals surface area contributed by atoms with Crippen molar-refractivity contribution in [1.82, 2.24) is 9.36 Å². The van der Waals surface area contributed by atoms with E-state index >= 15 is 0 Å². The highest BCUT2D eigenvalue weighted by atomic mass is 79.9. The molecule has 0 unspecified atom stereocenters. The van der Waals surface area contributed by atoms with Crippen LogP contribution >= 0.6 is 27.5 Å². The minimum atomic E-state index is 0.836. The van der Waals surface area contributed by atoms with Crippen molar-refractivity contribution in [1.29, 1.82) is 0 Å². The lowest BCUT2D eigenvalue weighted by atomic mass is 10.2. The van der Waals surface area contributed by atoms with Gasteiger partial charge >= 0.3 is 0 Å². The molecule has 13 heavy (non-hydrogen) atoms. The molecule has 0 bridgehead atoms. The molecule has 1 aromatic heterocycles. The molecule has 0 saturated heterocycles. The third kappa shape index (κ3) is 1.95. The van der Waals surface area contributed by atoms with Gasteiger partial charge in [0.15, 0.2) is 0 Å². The highest BCUT2D eigenvalue weighted by molar-refractivity contribution is 9.10. The topological polar surface area (TPSA) is 25.8 Å². The van der Waals surface area contributed by atoms with E-state index in [0.717, 1.165) is 20.9 Å². The van der Waals surface area contributed by atoms with Crippen molar-refractivity contribution < 1.29 is 0 Å². The van der Waals surface area contributed by atoms with Crippen molar-refractivity contribution >= 4 is 27.5 Å². The van der Waals surface area contributed by atoms with Gasteiger partial charge in [-0.3, -0.25) is 0 Å². The summed E-state index contributed by atoms with van der Waals surface area (Å²) in [5, 5.41) is 0.977. The highest BCUT2D eigenvalue weighted by Crippen LogP contribution is 2.22. The predicted octanol–water partition coefficient (Wildman–Crippen LogP) is 3.28. The number of halogens is 1. The Kier molecular flexibility index (Phi) is 2.42. The first-order chi connectivity index (χ1) is 6.25. The van der Waals surface area contributed by atoms with E-state index in [2.05, 4.69) is 25.3 Å². The molecule has 2 aromatic rings. The summed E-state index contributed by atoms with van der Waals surface area (Å²) in [6, 6.07) is 8.08. The lowest BCUT2D eigenvalue weighted by Gasteiger charge is -1.94. The summed E-state index contributed by atoms with van der Waals surface area (Å²) in [6.45, 7) is 1.90. The van der Waals surface area contributed by atoms with Gasteiger partial charge in [-0.1, -0.05) is 28.1 Å². The Morgan fingerprint density at radius 3 is 2.46 bits per heavy atom. The molecule has 2 nitrogen and oxygen atoms in total. The molecule has 0 aliphatic rings. The van der Waals surface area contributed by atoms with Crippen molar-refractivity contribution in [3.8, 4) is 10.6 Å². The van der Waals surface area contributed by atoms with Gasteiger partial charge in [-0.15, -0.1) is 0 Å². The largest absolute Gasteiger partial charge is 0.220 e. The van der Waals surface area contributed by atoms with Gasteiger partial charge in [0.1, 0.15) is 10.8 Å². The first-order valence-electron chi connectivity index (χ1n) is 3.82. The zero-order valence-corrected chi connectivity index (χ0v) is 9.39. The smallest absolute Gasteiger partial charge is 0.144 e. The number of aryl methyl sites for hydroxylation is 1. The van der Waals surface area contributed by atoms with Crippen LogP contribution in [-0.4, -0.2) is 9.36 Å². The second kappa shape index (κ2) is 3.55. The van der Waals surface area contributed by atoms with E-state index in [0.29, 0.717) is 0 Å². The van der Waals surface area contributed by atoms with Crippen LogP contribution in [-0.2, 0) is 0 Å². The molecule has 2 rings (SSSR count). The molecule has 0 aliphatic heterocycles. The van der Waals surface area contributed by atoms with Crippen LogP contribution in [0, 0.1) is 6.92 Å². The molecule has 66 valence electrons. The van der Waals surface area contributed by atoms with Crippen LogP contribution in [0.2, 0.25) is 0 Å². The number of rotatable bonds is 1.